The number of carbonyl (C=O) groups excluding carboxylic acids is 1. The molecule has 5 rings (SSSR count). The van der Waals surface area contributed by atoms with Gasteiger partial charge in [-0.25, -0.2) is 4.98 Å². The lowest BCUT2D eigenvalue weighted by atomic mass is 10.1. The number of aryl methyl sites for hydroxylation is 1. The van der Waals surface area contributed by atoms with Crippen molar-refractivity contribution < 1.29 is 14.3 Å². The number of aromatic nitrogens is 1. The molecule has 2 aromatic heterocycles. The van der Waals surface area contributed by atoms with Crippen LogP contribution in [0.1, 0.15) is 26.0 Å². The zero-order valence-corrected chi connectivity index (χ0v) is 16.4. The Kier molecular flexibility index (Phi) is 4.35. The van der Waals surface area contributed by atoms with Gasteiger partial charge in [-0.05, 0) is 36.8 Å². The van der Waals surface area contributed by atoms with Crippen LogP contribution in [0.15, 0.2) is 11.4 Å². The van der Waals surface area contributed by atoms with Crippen LogP contribution in [0.2, 0.25) is 0 Å². The Morgan fingerprint density at radius 3 is 3.00 bits per heavy atom. The lowest BCUT2D eigenvalue weighted by Crippen LogP contribution is -2.37. The summed E-state index contributed by atoms with van der Waals surface area (Å²) in [7, 11) is 0. The Hall–Kier alpha value is -1.28. The second-order valence-electron chi connectivity index (χ2n) is 7.41. The number of ether oxygens (including phenoxy) is 2. The monoisotopic (exact) mass is 390 g/mol. The molecule has 2 aliphatic heterocycles. The molecule has 0 aromatic carbocycles. The smallest absolute Gasteiger partial charge is 0.226 e. The number of thiazole rings is 1. The van der Waals surface area contributed by atoms with Gasteiger partial charge in [0.2, 0.25) is 5.91 Å². The first-order valence-electron chi connectivity index (χ1n) is 9.15. The van der Waals surface area contributed by atoms with Gasteiger partial charge < -0.3 is 14.4 Å². The van der Waals surface area contributed by atoms with E-state index in [4.69, 9.17) is 9.47 Å². The maximum absolute atomic E-state index is 12.8. The molecule has 2 fully saturated rings. The molecule has 4 heterocycles. The molecule has 0 spiro atoms. The molecular weight excluding hydrogens is 368 g/mol. The summed E-state index contributed by atoms with van der Waals surface area (Å²) >= 11 is 3.48. The van der Waals surface area contributed by atoms with Gasteiger partial charge in [0, 0.05) is 34.1 Å². The number of nitrogens with zero attached hydrogens (tertiary/aromatic N) is 2. The fourth-order valence-corrected chi connectivity index (χ4v) is 5.91. The van der Waals surface area contributed by atoms with E-state index in [0.717, 1.165) is 43.4 Å². The highest BCUT2D eigenvalue weighted by molar-refractivity contribution is 7.12. The molecule has 1 unspecified atom stereocenters. The second-order valence-corrected chi connectivity index (χ2v) is 9.70. The van der Waals surface area contributed by atoms with Gasteiger partial charge in [0.15, 0.2) is 0 Å². The highest BCUT2D eigenvalue weighted by Crippen LogP contribution is 2.51. The van der Waals surface area contributed by atoms with E-state index in [0.29, 0.717) is 31.0 Å². The summed E-state index contributed by atoms with van der Waals surface area (Å²) in [6, 6.07) is 2.22. The van der Waals surface area contributed by atoms with Crippen LogP contribution < -0.4 is 0 Å². The predicted molar refractivity (Wildman–Crippen MR) is 100 cm³/mol. The first-order valence-corrected chi connectivity index (χ1v) is 10.8. The molecule has 1 aliphatic carbocycles. The van der Waals surface area contributed by atoms with Crippen molar-refractivity contribution in [3.8, 4) is 0 Å². The molecule has 0 radical (unpaired) electrons. The molecule has 138 valence electrons. The van der Waals surface area contributed by atoms with Gasteiger partial charge in [0.05, 0.1) is 37.1 Å². The van der Waals surface area contributed by atoms with Gasteiger partial charge in [0.25, 0.3) is 0 Å². The SMILES string of the molecule is Cc1nc(COCc2cc3c(s2)CCN(C(=O)C2[C@H]4COC[C@@H]24)C3)cs1. The van der Waals surface area contributed by atoms with Crippen molar-refractivity contribution in [3.63, 3.8) is 0 Å². The molecule has 2 aromatic rings. The molecule has 3 atom stereocenters. The summed E-state index contributed by atoms with van der Waals surface area (Å²) in [6.07, 6.45) is 0.968. The Labute approximate surface area is 160 Å². The summed E-state index contributed by atoms with van der Waals surface area (Å²) in [5.41, 5.74) is 2.31. The summed E-state index contributed by atoms with van der Waals surface area (Å²) in [5, 5.41) is 3.13. The van der Waals surface area contributed by atoms with Crippen molar-refractivity contribution in [1.82, 2.24) is 9.88 Å². The van der Waals surface area contributed by atoms with Gasteiger partial charge in [-0.3, -0.25) is 4.79 Å². The molecule has 26 heavy (non-hydrogen) atoms. The third-order valence-corrected chi connectivity index (χ3v) is 7.66. The summed E-state index contributed by atoms with van der Waals surface area (Å²) in [6.45, 7) is 6.35. The maximum atomic E-state index is 12.8. The molecule has 0 bridgehead atoms. The Morgan fingerprint density at radius 2 is 2.23 bits per heavy atom. The summed E-state index contributed by atoms with van der Waals surface area (Å²) in [5.74, 6) is 1.56. The van der Waals surface area contributed by atoms with E-state index in [1.54, 1.807) is 11.3 Å². The second kappa shape index (κ2) is 6.71. The first kappa shape index (κ1) is 16.9. The van der Waals surface area contributed by atoms with E-state index < -0.39 is 0 Å². The van der Waals surface area contributed by atoms with Gasteiger partial charge >= 0.3 is 0 Å². The van der Waals surface area contributed by atoms with Crippen LogP contribution >= 0.6 is 22.7 Å². The van der Waals surface area contributed by atoms with Crippen LogP contribution in [0.4, 0.5) is 0 Å². The molecule has 0 N–H and O–H groups in total. The Bertz CT molecular complexity index is 821. The quantitative estimate of drug-likeness (QED) is 0.788. The average Bonchev–Trinajstić information content (AvgIpc) is 3.06. The van der Waals surface area contributed by atoms with Crippen molar-refractivity contribution in [2.75, 3.05) is 19.8 Å². The first-order chi connectivity index (χ1) is 12.7. The third kappa shape index (κ3) is 3.11. The summed E-state index contributed by atoms with van der Waals surface area (Å²) < 4.78 is 11.2. The largest absolute Gasteiger partial charge is 0.381 e. The topological polar surface area (TPSA) is 51.7 Å². The minimum atomic E-state index is 0.230. The van der Waals surface area contributed by atoms with Crippen LogP contribution in [0, 0.1) is 24.7 Å². The van der Waals surface area contributed by atoms with E-state index >= 15 is 0 Å². The zero-order chi connectivity index (χ0) is 17.7. The van der Waals surface area contributed by atoms with E-state index in [9.17, 15) is 4.79 Å². The van der Waals surface area contributed by atoms with Gasteiger partial charge in [-0.2, -0.15) is 0 Å². The number of carbonyl (C=O) groups is 1. The van der Waals surface area contributed by atoms with Crippen LogP contribution in [-0.4, -0.2) is 35.5 Å². The van der Waals surface area contributed by atoms with Crippen molar-refractivity contribution >= 4 is 28.6 Å². The standard InChI is InChI=1S/C19H22N2O3S2/c1-11-20-13(10-25-11)6-23-7-14-4-12-5-21(3-2-17(12)26-14)19(22)18-15-8-24-9-16(15)18/h4,10,15-16,18H,2-3,5-9H2,1H3/t15-,16+,18?. The Balaban J connectivity index is 1.17. The van der Waals surface area contributed by atoms with E-state index in [-0.39, 0.29) is 5.92 Å². The average molecular weight is 391 g/mol. The number of fused-ring (bicyclic) bond motifs is 2. The maximum Gasteiger partial charge on any atom is 0.226 e. The van der Waals surface area contributed by atoms with Gasteiger partial charge in [0.1, 0.15) is 0 Å². The Morgan fingerprint density at radius 1 is 1.38 bits per heavy atom. The van der Waals surface area contributed by atoms with E-state index in [1.807, 2.05) is 18.3 Å². The van der Waals surface area contributed by atoms with Crippen molar-refractivity contribution in [2.24, 2.45) is 17.8 Å². The van der Waals surface area contributed by atoms with Crippen LogP contribution in [0.3, 0.4) is 0 Å². The lowest BCUT2D eigenvalue weighted by Gasteiger charge is -2.27. The number of hydrogen-bond donors (Lipinski definition) is 0. The van der Waals surface area contributed by atoms with E-state index in [1.165, 1.54) is 15.3 Å². The highest BCUT2D eigenvalue weighted by atomic mass is 32.1. The number of thiophene rings is 1. The van der Waals surface area contributed by atoms with Crippen LogP contribution in [0.25, 0.3) is 0 Å². The molecule has 5 nitrogen and oxygen atoms in total. The molecule has 1 saturated heterocycles. The number of rotatable bonds is 5. The fraction of sp³-hybridized carbons (Fsp3) is 0.579. The number of amides is 1. The number of hydrogen-bond acceptors (Lipinski definition) is 6. The molecule has 1 saturated carbocycles. The van der Waals surface area contributed by atoms with Gasteiger partial charge in [-0.1, -0.05) is 0 Å². The summed E-state index contributed by atoms with van der Waals surface area (Å²) in [4.78, 5) is 21.9. The van der Waals surface area contributed by atoms with Crippen LogP contribution in [-0.2, 0) is 40.4 Å². The highest BCUT2D eigenvalue weighted by Gasteiger charge is 2.59. The molecule has 3 aliphatic rings. The van der Waals surface area contributed by atoms with Crippen molar-refractivity contribution in [2.45, 2.75) is 33.1 Å². The zero-order valence-electron chi connectivity index (χ0n) is 14.8. The molecular formula is C19H22N2O3S2. The molecule has 7 heteroatoms. The fourth-order valence-electron chi connectivity index (χ4n) is 4.20. The lowest BCUT2D eigenvalue weighted by molar-refractivity contribution is -0.134. The van der Waals surface area contributed by atoms with Gasteiger partial charge in [-0.15, -0.1) is 22.7 Å². The van der Waals surface area contributed by atoms with Crippen molar-refractivity contribution in [1.29, 1.82) is 0 Å². The third-order valence-electron chi connectivity index (χ3n) is 5.63. The van der Waals surface area contributed by atoms with Crippen molar-refractivity contribution in [3.05, 3.63) is 37.5 Å². The normalized spacial score (nSPS) is 26.7. The molecule has 1 amide bonds. The minimum Gasteiger partial charge on any atom is -0.381 e. The van der Waals surface area contributed by atoms with Crippen LogP contribution in [0.5, 0.6) is 0 Å². The van der Waals surface area contributed by atoms with E-state index in [2.05, 4.69) is 21.3 Å². The predicted octanol–water partition coefficient (Wildman–Crippen LogP) is 3.01. The minimum absolute atomic E-state index is 0.230.